The number of carbonyl (C=O) groups is 1. The van der Waals surface area contributed by atoms with E-state index in [9.17, 15) is 9.90 Å². The maximum atomic E-state index is 13.0. The third-order valence-corrected chi connectivity index (χ3v) is 5.71. The number of Topliss-reactive ketones (excluding diaryl/α,β-unsaturated/α-hetero) is 1. The molecular weight excluding hydrogens is 354 g/mol. The lowest BCUT2D eigenvalue weighted by molar-refractivity contribution is -0.116. The minimum Gasteiger partial charge on any atom is -0.511 e. The number of ketones is 1. The molecule has 1 heterocycles. The van der Waals surface area contributed by atoms with Gasteiger partial charge < -0.3 is 14.4 Å². The van der Waals surface area contributed by atoms with Crippen molar-refractivity contribution >= 4 is 22.5 Å². The summed E-state index contributed by atoms with van der Waals surface area (Å²) in [5.41, 5.74) is 6.29. The zero-order chi connectivity index (χ0) is 20.4. The average molecular weight is 383 g/mol. The second-order valence-electron chi connectivity index (χ2n) is 7.51. The molecule has 0 bridgehead atoms. The summed E-state index contributed by atoms with van der Waals surface area (Å²) < 4.78 is 5.65. The van der Waals surface area contributed by atoms with E-state index < -0.39 is 0 Å². The predicted molar refractivity (Wildman–Crippen MR) is 111 cm³/mol. The lowest BCUT2D eigenvalue weighted by Crippen LogP contribution is -2.25. The fourth-order valence-electron chi connectivity index (χ4n) is 4.33. The highest BCUT2D eigenvalue weighted by Gasteiger charge is 2.33. The van der Waals surface area contributed by atoms with Gasteiger partial charge in [-0.15, -0.1) is 0 Å². The summed E-state index contributed by atoms with van der Waals surface area (Å²) in [4.78, 5) is 18.2. The lowest BCUT2D eigenvalue weighted by atomic mass is 9.76. The van der Waals surface area contributed by atoms with E-state index in [0.29, 0.717) is 37.2 Å². The Kier molecular flexibility index (Phi) is 5.92. The van der Waals surface area contributed by atoms with Crippen molar-refractivity contribution in [3.8, 4) is 0 Å². The van der Waals surface area contributed by atoms with E-state index in [0.717, 1.165) is 39.6 Å². The van der Waals surface area contributed by atoms with Crippen LogP contribution in [0.5, 0.6) is 0 Å². The molecule has 2 aromatic rings. The number of benzene rings is 1. The van der Waals surface area contributed by atoms with E-state index in [-0.39, 0.29) is 17.5 Å². The highest BCUT2D eigenvalue weighted by atomic mass is 16.6. The van der Waals surface area contributed by atoms with Crippen LogP contribution in [0.15, 0.2) is 33.2 Å². The summed E-state index contributed by atoms with van der Waals surface area (Å²) in [6.07, 6.45) is 3.93. The normalized spacial score (nSPS) is 18.2. The number of allylic oxidation sites excluding steroid dienone is 2. The number of aliphatic hydroxyl groups excluding tert-OH is 1. The molecule has 1 N–H and O–H groups in total. The fraction of sp³-hybridized carbons (Fsp3) is 0.478. The smallest absolute Gasteiger partial charge is 0.168 e. The first-order valence-corrected chi connectivity index (χ1v) is 10.0. The van der Waals surface area contributed by atoms with Crippen molar-refractivity contribution in [1.82, 2.24) is 0 Å². The van der Waals surface area contributed by atoms with Gasteiger partial charge in [-0.3, -0.25) is 4.79 Å². The van der Waals surface area contributed by atoms with Gasteiger partial charge in [0.25, 0.3) is 0 Å². The predicted octanol–water partition coefficient (Wildman–Crippen LogP) is 5.81. The summed E-state index contributed by atoms with van der Waals surface area (Å²) in [6, 6.07) is 1.97. The molecule has 0 saturated heterocycles. The number of carbonyl (C=O) groups excluding carboxylic acids is 1. The van der Waals surface area contributed by atoms with Gasteiger partial charge in [-0.2, -0.15) is 0 Å². The van der Waals surface area contributed by atoms with Gasteiger partial charge in [-0.05, 0) is 68.4 Å². The molecule has 0 spiro atoms. The van der Waals surface area contributed by atoms with Crippen molar-refractivity contribution in [2.75, 3.05) is 6.61 Å². The topological polar surface area (TPSA) is 72.0 Å². The van der Waals surface area contributed by atoms with Crippen molar-refractivity contribution < 1.29 is 19.2 Å². The Morgan fingerprint density at radius 1 is 1.21 bits per heavy atom. The highest BCUT2D eigenvalue weighted by Crippen LogP contribution is 2.41. The molecular formula is C23H29NO4. The molecule has 0 fully saturated rings. The molecule has 5 heteroatoms. The Bertz CT molecular complexity index is 965. The SMILES string of the molecule is CCCC(=NOCC)C1=C(O)CC(c2c(C)c(C)c3occc3c2C)CC1=O. The number of nitrogens with zero attached hydrogens (tertiary/aromatic N) is 1. The summed E-state index contributed by atoms with van der Waals surface area (Å²) in [5.74, 6) is 0.00511. The Morgan fingerprint density at radius 2 is 1.96 bits per heavy atom. The summed E-state index contributed by atoms with van der Waals surface area (Å²) >= 11 is 0. The zero-order valence-electron chi connectivity index (χ0n) is 17.4. The number of fused-ring (bicyclic) bond motifs is 1. The van der Waals surface area contributed by atoms with E-state index >= 15 is 0 Å². The third kappa shape index (κ3) is 3.46. The van der Waals surface area contributed by atoms with Gasteiger partial charge in [0.1, 0.15) is 17.9 Å². The number of hydrogen-bond donors (Lipinski definition) is 1. The fourth-order valence-corrected chi connectivity index (χ4v) is 4.33. The van der Waals surface area contributed by atoms with Crippen LogP contribution in [0.1, 0.15) is 67.7 Å². The Labute approximate surface area is 166 Å². The first-order chi connectivity index (χ1) is 13.4. The van der Waals surface area contributed by atoms with Gasteiger partial charge in [-0.1, -0.05) is 18.5 Å². The molecule has 0 aliphatic heterocycles. The third-order valence-electron chi connectivity index (χ3n) is 5.71. The van der Waals surface area contributed by atoms with E-state index in [1.165, 1.54) is 0 Å². The number of oxime groups is 1. The summed E-state index contributed by atoms with van der Waals surface area (Å²) in [6.45, 7) is 10.5. The van der Waals surface area contributed by atoms with Crippen LogP contribution in [0.2, 0.25) is 0 Å². The maximum absolute atomic E-state index is 13.0. The molecule has 28 heavy (non-hydrogen) atoms. The zero-order valence-corrected chi connectivity index (χ0v) is 17.4. The largest absolute Gasteiger partial charge is 0.511 e. The molecule has 150 valence electrons. The van der Waals surface area contributed by atoms with Gasteiger partial charge in [0, 0.05) is 18.2 Å². The average Bonchev–Trinajstić information content (AvgIpc) is 3.14. The van der Waals surface area contributed by atoms with Gasteiger partial charge >= 0.3 is 0 Å². The Morgan fingerprint density at radius 3 is 2.61 bits per heavy atom. The van der Waals surface area contributed by atoms with Gasteiger partial charge in [-0.25, -0.2) is 0 Å². The highest BCUT2D eigenvalue weighted by molar-refractivity contribution is 6.23. The summed E-state index contributed by atoms with van der Waals surface area (Å²) in [5, 5.41) is 16.0. The van der Waals surface area contributed by atoms with Crippen LogP contribution in [-0.4, -0.2) is 23.2 Å². The van der Waals surface area contributed by atoms with Crippen LogP contribution in [0, 0.1) is 20.8 Å². The minimum atomic E-state index is -0.0654. The van der Waals surface area contributed by atoms with Crippen molar-refractivity contribution in [2.45, 2.75) is 66.2 Å². The second-order valence-corrected chi connectivity index (χ2v) is 7.51. The monoisotopic (exact) mass is 383 g/mol. The Hall–Kier alpha value is -2.56. The first-order valence-electron chi connectivity index (χ1n) is 10.0. The molecule has 0 saturated carbocycles. The van der Waals surface area contributed by atoms with Crippen LogP contribution < -0.4 is 0 Å². The Balaban J connectivity index is 2.04. The molecule has 1 aliphatic rings. The molecule has 0 radical (unpaired) electrons. The van der Waals surface area contributed by atoms with E-state index in [4.69, 9.17) is 9.25 Å². The molecule has 0 amide bonds. The standard InChI is InChI=1S/C23H29NO4/c1-6-8-18(24-28-7-2)22-19(25)11-16(12-20(22)26)21-13(3)14(4)23-17(15(21)5)9-10-27-23/h9-10,16,25H,6-8,11-12H2,1-5H3. The van der Waals surface area contributed by atoms with Gasteiger partial charge in [0.2, 0.25) is 0 Å². The maximum Gasteiger partial charge on any atom is 0.168 e. The molecule has 1 atom stereocenters. The van der Waals surface area contributed by atoms with Crippen LogP contribution in [0.25, 0.3) is 11.0 Å². The van der Waals surface area contributed by atoms with Crippen LogP contribution >= 0.6 is 0 Å². The summed E-state index contributed by atoms with van der Waals surface area (Å²) in [7, 11) is 0. The molecule has 1 aromatic heterocycles. The molecule has 1 aromatic carbocycles. The number of furan rings is 1. The quantitative estimate of drug-likeness (QED) is 0.505. The molecule has 5 nitrogen and oxygen atoms in total. The van der Waals surface area contributed by atoms with Crippen LogP contribution in [-0.2, 0) is 9.63 Å². The number of aryl methyl sites for hydroxylation is 2. The van der Waals surface area contributed by atoms with E-state index in [1.54, 1.807) is 6.26 Å². The van der Waals surface area contributed by atoms with Gasteiger partial charge in [0.05, 0.1) is 17.5 Å². The van der Waals surface area contributed by atoms with Gasteiger partial charge in [0.15, 0.2) is 5.78 Å². The lowest BCUT2D eigenvalue weighted by Gasteiger charge is -2.27. The molecule has 1 aliphatic carbocycles. The van der Waals surface area contributed by atoms with Crippen molar-refractivity contribution in [3.63, 3.8) is 0 Å². The molecule has 1 unspecified atom stereocenters. The van der Waals surface area contributed by atoms with E-state index in [2.05, 4.69) is 19.0 Å². The van der Waals surface area contributed by atoms with Crippen molar-refractivity contribution in [2.24, 2.45) is 5.16 Å². The van der Waals surface area contributed by atoms with E-state index in [1.807, 2.05) is 26.8 Å². The number of hydrogen-bond acceptors (Lipinski definition) is 5. The second kappa shape index (κ2) is 8.21. The van der Waals surface area contributed by atoms with Crippen molar-refractivity contribution in [1.29, 1.82) is 0 Å². The minimum absolute atomic E-state index is 0.0516. The number of aliphatic hydroxyl groups is 1. The molecule has 3 rings (SSSR count). The first kappa shape index (κ1) is 20.2. The number of rotatable bonds is 6. The van der Waals surface area contributed by atoms with Crippen molar-refractivity contribution in [3.05, 3.63) is 45.9 Å². The van der Waals surface area contributed by atoms with Crippen LogP contribution in [0.4, 0.5) is 0 Å². The van der Waals surface area contributed by atoms with Crippen LogP contribution in [0.3, 0.4) is 0 Å².